The van der Waals surface area contributed by atoms with E-state index < -0.39 is 6.10 Å². The minimum atomic E-state index is -0.657. The van der Waals surface area contributed by atoms with Crippen LogP contribution in [-0.2, 0) is 22.6 Å². The molecule has 0 bridgehead atoms. The number of carbonyl (C=O) groups excluding carboxylic acids is 2. The maximum absolute atomic E-state index is 13.7. The highest BCUT2D eigenvalue weighted by Gasteiger charge is 2.36. The molecule has 2 heterocycles. The second-order valence-electron chi connectivity index (χ2n) is 10.5. The third kappa shape index (κ3) is 5.43. The molecule has 2 amide bonds. The molecule has 3 aromatic rings. The van der Waals surface area contributed by atoms with Crippen LogP contribution in [0.1, 0.15) is 66.7 Å². The topological polar surface area (TPSA) is 63.0 Å². The Morgan fingerprint density at radius 2 is 1.92 bits per heavy atom. The lowest BCUT2D eigenvalue weighted by atomic mass is 9.86. The molecular weight excluding hydrogens is 464 g/mol. The molecule has 1 saturated carbocycles. The summed E-state index contributed by atoms with van der Waals surface area (Å²) in [4.78, 5) is 30.4. The molecule has 0 spiro atoms. The summed E-state index contributed by atoms with van der Waals surface area (Å²) in [5, 5.41) is 0. The van der Waals surface area contributed by atoms with Gasteiger partial charge in [0.05, 0.1) is 18.8 Å². The van der Waals surface area contributed by atoms with Crippen molar-refractivity contribution in [1.82, 2.24) is 9.80 Å². The number of aryl methyl sites for hydroxylation is 1. The first-order valence-corrected chi connectivity index (χ1v) is 13.3. The van der Waals surface area contributed by atoms with Crippen molar-refractivity contribution in [2.24, 2.45) is 5.92 Å². The molecule has 0 saturated heterocycles. The van der Waals surface area contributed by atoms with E-state index in [-0.39, 0.29) is 23.8 Å². The summed E-state index contributed by atoms with van der Waals surface area (Å²) >= 11 is 0. The molecule has 1 fully saturated rings. The summed E-state index contributed by atoms with van der Waals surface area (Å²) in [5.41, 5.74) is 4.60. The molecule has 0 N–H and O–H groups in total. The highest BCUT2D eigenvalue weighted by Crippen LogP contribution is 2.40. The van der Waals surface area contributed by atoms with E-state index in [1.54, 1.807) is 25.1 Å². The number of fused-ring (bicyclic) bond motifs is 1. The van der Waals surface area contributed by atoms with Crippen LogP contribution in [0.3, 0.4) is 0 Å². The molecule has 1 aromatic heterocycles. The van der Waals surface area contributed by atoms with Crippen molar-refractivity contribution >= 4 is 11.8 Å². The molecule has 0 radical (unpaired) electrons. The Hall–Kier alpha value is -3.54. The van der Waals surface area contributed by atoms with Gasteiger partial charge in [0.15, 0.2) is 6.10 Å². The van der Waals surface area contributed by atoms with E-state index in [4.69, 9.17) is 9.15 Å². The molecule has 1 aliphatic carbocycles. The van der Waals surface area contributed by atoms with Gasteiger partial charge in [0, 0.05) is 19.5 Å². The molecule has 6 nitrogen and oxygen atoms in total. The molecule has 6 heteroatoms. The minimum Gasteiger partial charge on any atom is -0.481 e. The van der Waals surface area contributed by atoms with Crippen molar-refractivity contribution in [2.45, 2.75) is 64.6 Å². The smallest absolute Gasteiger partial charge is 0.263 e. The van der Waals surface area contributed by atoms with Crippen molar-refractivity contribution in [1.29, 1.82) is 0 Å². The van der Waals surface area contributed by atoms with Crippen molar-refractivity contribution < 1.29 is 18.7 Å². The molecule has 1 aliphatic heterocycles. The number of hydrogen-bond acceptors (Lipinski definition) is 4. The number of likely N-dealkylation sites (N-methyl/N-ethyl adjacent to an activating group) is 1. The van der Waals surface area contributed by atoms with E-state index in [0.29, 0.717) is 18.8 Å². The molecule has 2 aromatic carbocycles. The lowest BCUT2D eigenvalue weighted by Crippen LogP contribution is -2.43. The summed E-state index contributed by atoms with van der Waals surface area (Å²) in [6.45, 7) is 4.96. The predicted octanol–water partition coefficient (Wildman–Crippen LogP) is 5.68. The SMILES string of the molecule is Cc1cccc([C@@H]2c3cc(O[C@H](C)C(=O)N(C)Cc4ccco4)ccc3CCN2C(=O)C2CCCC2)c1. The van der Waals surface area contributed by atoms with Crippen LogP contribution in [0.15, 0.2) is 65.3 Å². The normalized spacial score (nSPS) is 18.4. The van der Waals surface area contributed by atoms with E-state index in [0.717, 1.165) is 49.0 Å². The summed E-state index contributed by atoms with van der Waals surface area (Å²) in [6.07, 6.45) is 5.99. The third-order valence-corrected chi connectivity index (χ3v) is 7.70. The maximum atomic E-state index is 13.7. The Bertz CT molecular complexity index is 1250. The number of furan rings is 1. The molecule has 2 aliphatic rings. The average Bonchev–Trinajstić information content (AvgIpc) is 3.62. The molecule has 5 rings (SSSR count). The summed E-state index contributed by atoms with van der Waals surface area (Å²) in [5.74, 6) is 1.63. The maximum Gasteiger partial charge on any atom is 0.263 e. The van der Waals surface area contributed by atoms with E-state index in [9.17, 15) is 9.59 Å². The monoisotopic (exact) mass is 500 g/mol. The number of ether oxygens (including phenoxy) is 1. The number of amides is 2. The number of nitrogens with zero attached hydrogens (tertiary/aromatic N) is 2. The van der Waals surface area contributed by atoms with Crippen LogP contribution in [0.5, 0.6) is 5.75 Å². The summed E-state index contributed by atoms with van der Waals surface area (Å²) in [6, 6.07) is 18.0. The number of rotatable bonds is 7. The fourth-order valence-corrected chi connectivity index (χ4v) is 5.79. The lowest BCUT2D eigenvalue weighted by Gasteiger charge is -2.39. The van der Waals surface area contributed by atoms with Gasteiger partial charge in [0.2, 0.25) is 5.91 Å². The van der Waals surface area contributed by atoms with Crippen LogP contribution in [0.4, 0.5) is 0 Å². The summed E-state index contributed by atoms with van der Waals surface area (Å²) < 4.78 is 11.5. The summed E-state index contributed by atoms with van der Waals surface area (Å²) in [7, 11) is 1.75. The fourth-order valence-electron chi connectivity index (χ4n) is 5.79. The van der Waals surface area contributed by atoms with Gasteiger partial charge in [-0.3, -0.25) is 9.59 Å². The second kappa shape index (κ2) is 10.8. The molecule has 37 heavy (non-hydrogen) atoms. The van der Waals surface area contributed by atoms with Crippen LogP contribution < -0.4 is 4.74 Å². The van der Waals surface area contributed by atoms with Crippen LogP contribution in [0.2, 0.25) is 0 Å². The molecule has 2 atom stereocenters. The van der Waals surface area contributed by atoms with E-state index in [1.807, 2.05) is 24.3 Å². The van der Waals surface area contributed by atoms with Crippen molar-refractivity contribution in [3.05, 3.63) is 88.9 Å². The van der Waals surface area contributed by atoms with Gasteiger partial charge in [-0.25, -0.2) is 0 Å². The highest BCUT2D eigenvalue weighted by molar-refractivity contribution is 5.81. The zero-order valence-electron chi connectivity index (χ0n) is 22.0. The van der Waals surface area contributed by atoms with Crippen LogP contribution in [0.25, 0.3) is 0 Å². The molecule has 0 unspecified atom stereocenters. The van der Waals surface area contributed by atoms with Crippen LogP contribution in [0, 0.1) is 12.8 Å². The van der Waals surface area contributed by atoms with Gasteiger partial charge in [0.25, 0.3) is 5.91 Å². The zero-order valence-corrected chi connectivity index (χ0v) is 22.0. The first kappa shape index (κ1) is 25.1. The van der Waals surface area contributed by atoms with Gasteiger partial charge < -0.3 is 19.0 Å². The van der Waals surface area contributed by atoms with Crippen molar-refractivity contribution in [3.8, 4) is 5.75 Å². The van der Waals surface area contributed by atoms with Gasteiger partial charge in [-0.15, -0.1) is 0 Å². The van der Waals surface area contributed by atoms with E-state index in [2.05, 4.69) is 42.2 Å². The highest BCUT2D eigenvalue weighted by atomic mass is 16.5. The minimum absolute atomic E-state index is 0.121. The average molecular weight is 501 g/mol. The van der Waals surface area contributed by atoms with Gasteiger partial charge in [-0.2, -0.15) is 0 Å². The van der Waals surface area contributed by atoms with Crippen LogP contribution in [-0.4, -0.2) is 41.3 Å². The Labute approximate surface area is 219 Å². The third-order valence-electron chi connectivity index (χ3n) is 7.70. The Morgan fingerprint density at radius 1 is 1.11 bits per heavy atom. The predicted molar refractivity (Wildman–Crippen MR) is 142 cm³/mol. The zero-order chi connectivity index (χ0) is 25.9. The standard InChI is InChI=1S/C31H36N2O4/c1-21-8-6-11-25(18-21)29-28-19-26(37-22(2)30(34)32(3)20-27-12-7-17-36-27)14-13-23(28)15-16-33(29)31(35)24-9-4-5-10-24/h6-8,11-14,17-19,22,24,29H,4-5,9-10,15-16,20H2,1-3H3/t22-,29-/m1/s1. The largest absolute Gasteiger partial charge is 0.481 e. The Kier molecular flexibility index (Phi) is 7.36. The van der Waals surface area contributed by atoms with Gasteiger partial charge in [0.1, 0.15) is 11.5 Å². The Balaban J connectivity index is 1.41. The van der Waals surface area contributed by atoms with Crippen molar-refractivity contribution in [3.63, 3.8) is 0 Å². The second-order valence-corrected chi connectivity index (χ2v) is 10.5. The van der Waals surface area contributed by atoms with E-state index in [1.165, 1.54) is 11.1 Å². The van der Waals surface area contributed by atoms with E-state index >= 15 is 0 Å². The van der Waals surface area contributed by atoms with Gasteiger partial charge >= 0.3 is 0 Å². The van der Waals surface area contributed by atoms with Crippen molar-refractivity contribution in [2.75, 3.05) is 13.6 Å². The number of hydrogen-bond donors (Lipinski definition) is 0. The van der Waals surface area contributed by atoms with Crippen LogP contribution >= 0.6 is 0 Å². The fraction of sp³-hybridized carbons (Fsp3) is 0.419. The quantitative estimate of drug-likeness (QED) is 0.419. The lowest BCUT2D eigenvalue weighted by molar-refractivity contribution is -0.137. The number of carbonyl (C=O) groups is 2. The molecular formula is C31H36N2O4. The number of benzene rings is 2. The first-order chi connectivity index (χ1) is 17.9. The molecule has 194 valence electrons. The van der Waals surface area contributed by atoms with Gasteiger partial charge in [-0.05, 0) is 74.1 Å². The Morgan fingerprint density at radius 3 is 2.65 bits per heavy atom. The van der Waals surface area contributed by atoms with Gasteiger partial charge in [-0.1, -0.05) is 48.7 Å². The first-order valence-electron chi connectivity index (χ1n) is 13.3.